The molecule has 4 nitrogen and oxygen atoms in total. The van der Waals surface area contributed by atoms with Crippen LogP contribution in [-0.4, -0.2) is 23.1 Å². The summed E-state index contributed by atoms with van der Waals surface area (Å²) in [5, 5.41) is 5.52. The summed E-state index contributed by atoms with van der Waals surface area (Å²) in [6.07, 6.45) is 0. The molecule has 0 aliphatic rings. The molecule has 0 fully saturated rings. The molecule has 1 unspecified atom stereocenters. The minimum Gasteiger partial charge on any atom is -0.376 e. The quantitative estimate of drug-likeness (QED) is 0.535. The summed E-state index contributed by atoms with van der Waals surface area (Å²) in [6, 6.07) is -0.238. The van der Waals surface area contributed by atoms with Gasteiger partial charge in [0, 0.05) is 6.04 Å². The van der Waals surface area contributed by atoms with E-state index in [1.54, 1.807) is 6.92 Å². The average molecular weight is 189 g/mol. The maximum Gasteiger partial charge on any atom is 0.242 e. The Balaban J connectivity index is 3.85. The molecule has 0 bridgehead atoms. The Hall–Kier alpha value is -0.840. The van der Waals surface area contributed by atoms with Crippen molar-refractivity contribution in [3.63, 3.8) is 0 Å². The van der Waals surface area contributed by atoms with Crippen molar-refractivity contribution in [2.45, 2.75) is 32.9 Å². The number of hydrogen-bond acceptors (Lipinski definition) is 2. The van der Waals surface area contributed by atoms with Crippen molar-refractivity contribution in [2.75, 3.05) is 0 Å². The SMILES string of the molecule is CC(C)NC(=O)C(C)NC(N)=S. The molecule has 5 heteroatoms. The third kappa shape index (κ3) is 4.90. The molecule has 0 aliphatic heterocycles. The van der Waals surface area contributed by atoms with E-state index in [0.29, 0.717) is 0 Å². The Morgan fingerprint density at radius 3 is 2.17 bits per heavy atom. The van der Waals surface area contributed by atoms with Crippen LogP contribution in [0.4, 0.5) is 0 Å². The van der Waals surface area contributed by atoms with Crippen molar-refractivity contribution < 1.29 is 4.79 Å². The zero-order chi connectivity index (χ0) is 9.72. The van der Waals surface area contributed by atoms with E-state index in [1.807, 2.05) is 13.8 Å². The third-order valence-corrected chi connectivity index (χ3v) is 1.30. The Labute approximate surface area is 77.9 Å². The molecule has 12 heavy (non-hydrogen) atoms. The van der Waals surface area contributed by atoms with Crippen molar-refractivity contribution in [2.24, 2.45) is 5.73 Å². The predicted octanol–water partition coefficient (Wildman–Crippen LogP) is -0.267. The normalized spacial score (nSPS) is 12.3. The molecule has 70 valence electrons. The van der Waals surface area contributed by atoms with Crippen LogP contribution in [0.15, 0.2) is 0 Å². The number of nitrogens with one attached hydrogen (secondary N) is 2. The van der Waals surface area contributed by atoms with Gasteiger partial charge in [-0.15, -0.1) is 0 Å². The van der Waals surface area contributed by atoms with Crippen molar-refractivity contribution in [3.8, 4) is 0 Å². The molecular weight excluding hydrogens is 174 g/mol. The molecule has 0 aromatic heterocycles. The lowest BCUT2D eigenvalue weighted by Gasteiger charge is -2.15. The molecule has 1 amide bonds. The first-order valence-electron chi connectivity index (χ1n) is 3.79. The molecule has 0 radical (unpaired) electrons. The molecule has 0 aromatic carbocycles. The number of hydrogen-bond donors (Lipinski definition) is 3. The van der Waals surface area contributed by atoms with Crippen molar-refractivity contribution >= 4 is 23.2 Å². The van der Waals surface area contributed by atoms with Crippen LogP contribution in [-0.2, 0) is 4.79 Å². The summed E-state index contributed by atoms with van der Waals surface area (Å²) in [5.41, 5.74) is 5.20. The number of carbonyl (C=O) groups excluding carboxylic acids is 1. The number of carbonyl (C=O) groups is 1. The summed E-state index contributed by atoms with van der Waals surface area (Å²) in [4.78, 5) is 11.2. The van der Waals surface area contributed by atoms with Gasteiger partial charge >= 0.3 is 0 Å². The molecule has 0 aromatic rings. The molecule has 0 spiro atoms. The zero-order valence-electron chi connectivity index (χ0n) is 7.55. The van der Waals surface area contributed by atoms with E-state index in [2.05, 4.69) is 22.9 Å². The van der Waals surface area contributed by atoms with E-state index in [1.165, 1.54) is 0 Å². The fourth-order valence-electron chi connectivity index (χ4n) is 0.688. The van der Waals surface area contributed by atoms with E-state index < -0.39 is 0 Å². The van der Waals surface area contributed by atoms with Crippen LogP contribution in [0.25, 0.3) is 0 Å². The van der Waals surface area contributed by atoms with E-state index in [0.717, 1.165) is 0 Å². The monoisotopic (exact) mass is 189 g/mol. The Morgan fingerprint density at radius 1 is 1.33 bits per heavy atom. The van der Waals surface area contributed by atoms with Crippen LogP contribution in [0.5, 0.6) is 0 Å². The van der Waals surface area contributed by atoms with Crippen LogP contribution in [0, 0.1) is 0 Å². The molecular formula is C7H15N3OS. The van der Waals surface area contributed by atoms with Crippen LogP contribution < -0.4 is 16.4 Å². The molecule has 0 saturated carbocycles. The number of nitrogens with two attached hydrogens (primary N) is 1. The fourth-order valence-corrected chi connectivity index (χ4v) is 0.865. The van der Waals surface area contributed by atoms with Crippen LogP contribution in [0.2, 0.25) is 0 Å². The highest BCUT2D eigenvalue weighted by Crippen LogP contribution is 1.84. The van der Waals surface area contributed by atoms with Gasteiger partial charge in [-0.05, 0) is 33.0 Å². The van der Waals surface area contributed by atoms with Gasteiger partial charge in [0.1, 0.15) is 6.04 Å². The molecule has 0 heterocycles. The van der Waals surface area contributed by atoms with Crippen molar-refractivity contribution in [3.05, 3.63) is 0 Å². The highest BCUT2D eigenvalue weighted by molar-refractivity contribution is 7.80. The van der Waals surface area contributed by atoms with Gasteiger partial charge in [-0.1, -0.05) is 0 Å². The number of amides is 1. The third-order valence-electron chi connectivity index (χ3n) is 1.18. The van der Waals surface area contributed by atoms with E-state index in [9.17, 15) is 4.79 Å². The van der Waals surface area contributed by atoms with Gasteiger partial charge in [0.15, 0.2) is 5.11 Å². The number of rotatable bonds is 3. The second-order valence-electron chi connectivity index (χ2n) is 2.89. The van der Waals surface area contributed by atoms with Gasteiger partial charge in [-0.3, -0.25) is 4.79 Å². The highest BCUT2D eigenvalue weighted by atomic mass is 32.1. The second-order valence-corrected chi connectivity index (χ2v) is 3.33. The lowest BCUT2D eigenvalue weighted by Crippen LogP contribution is -2.48. The first kappa shape index (κ1) is 11.2. The van der Waals surface area contributed by atoms with E-state index >= 15 is 0 Å². The van der Waals surface area contributed by atoms with Gasteiger partial charge in [0.2, 0.25) is 5.91 Å². The van der Waals surface area contributed by atoms with Gasteiger partial charge < -0.3 is 16.4 Å². The van der Waals surface area contributed by atoms with Crippen LogP contribution in [0.1, 0.15) is 20.8 Å². The Bertz CT molecular complexity index is 181. The second kappa shape index (κ2) is 4.92. The summed E-state index contributed by atoms with van der Waals surface area (Å²) in [7, 11) is 0. The number of thiocarbonyl (C=S) groups is 1. The molecule has 4 N–H and O–H groups in total. The smallest absolute Gasteiger partial charge is 0.242 e. The van der Waals surface area contributed by atoms with Crippen molar-refractivity contribution in [1.82, 2.24) is 10.6 Å². The van der Waals surface area contributed by atoms with Crippen molar-refractivity contribution in [1.29, 1.82) is 0 Å². The largest absolute Gasteiger partial charge is 0.376 e. The first-order valence-corrected chi connectivity index (χ1v) is 4.20. The standard InChI is InChI=1S/C7H15N3OS/c1-4(2)9-6(11)5(3)10-7(8)12/h4-5H,1-3H3,(H,9,11)(H3,8,10,12). The molecule has 0 rings (SSSR count). The van der Waals surface area contributed by atoms with Gasteiger partial charge in [-0.25, -0.2) is 0 Å². The van der Waals surface area contributed by atoms with Crippen LogP contribution in [0.3, 0.4) is 0 Å². The summed E-state index contributed by atoms with van der Waals surface area (Å²) in [5.74, 6) is -0.0993. The van der Waals surface area contributed by atoms with Gasteiger partial charge in [0.25, 0.3) is 0 Å². The topological polar surface area (TPSA) is 67.2 Å². The van der Waals surface area contributed by atoms with E-state index in [-0.39, 0.29) is 23.1 Å². The molecule has 0 aliphatic carbocycles. The van der Waals surface area contributed by atoms with Gasteiger partial charge in [-0.2, -0.15) is 0 Å². The lowest BCUT2D eigenvalue weighted by molar-refractivity contribution is -0.122. The average Bonchev–Trinajstić information content (AvgIpc) is 1.84. The zero-order valence-corrected chi connectivity index (χ0v) is 8.37. The molecule has 1 atom stereocenters. The maximum atomic E-state index is 11.2. The predicted molar refractivity (Wildman–Crippen MR) is 52.7 cm³/mol. The van der Waals surface area contributed by atoms with Crippen LogP contribution >= 0.6 is 12.2 Å². The molecule has 0 saturated heterocycles. The minimum absolute atomic E-state index is 0.0993. The first-order chi connectivity index (χ1) is 5.43. The summed E-state index contributed by atoms with van der Waals surface area (Å²) >= 11 is 4.59. The minimum atomic E-state index is -0.370. The maximum absolute atomic E-state index is 11.2. The Kier molecular flexibility index (Phi) is 4.58. The Morgan fingerprint density at radius 2 is 1.83 bits per heavy atom. The lowest BCUT2D eigenvalue weighted by atomic mass is 10.3. The van der Waals surface area contributed by atoms with E-state index in [4.69, 9.17) is 5.73 Å². The van der Waals surface area contributed by atoms with Gasteiger partial charge in [0.05, 0.1) is 0 Å². The summed E-state index contributed by atoms with van der Waals surface area (Å²) < 4.78 is 0. The fraction of sp³-hybridized carbons (Fsp3) is 0.714. The highest BCUT2D eigenvalue weighted by Gasteiger charge is 2.12. The summed E-state index contributed by atoms with van der Waals surface area (Å²) in [6.45, 7) is 5.49.